The number of piperazine rings is 1. The second-order valence-electron chi connectivity index (χ2n) is 12.5. The van der Waals surface area contributed by atoms with Gasteiger partial charge < -0.3 is 15.0 Å². The van der Waals surface area contributed by atoms with Crippen molar-refractivity contribution in [3.63, 3.8) is 0 Å². The zero-order valence-corrected chi connectivity index (χ0v) is 23.6. The van der Waals surface area contributed by atoms with E-state index in [4.69, 9.17) is 9.72 Å². The van der Waals surface area contributed by atoms with E-state index in [-0.39, 0.29) is 33.7 Å². The maximum absolute atomic E-state index is 16.6. The molecule has 6 heterocycles. The van der Waals surface area contributed by atoms with Crippen LogP contribution in [0.1, 0.15) is 44.1 Å². The van der Waals surface area contributed by atoms with Crippen LogP contribution in [0.2, 0.25) is 0 Å². The van der Waals surface area contributed by atoms with E-state index >= 15 is 4.39 Å². The van der Waals surface area contributed by atoms with Crippen molar-refractivity contribution in [2.45, 2.75) is 62.3 Å². The van der Waals surface area contributed by atoms with Gasteiger partial charge in [-0.15, -0.1) is 0 Å². The first kappa shape index (κ1) is 27.0. The van der Waals surface area contributed by atoms with Gasteiger partial charge in [-0.25, -0.2) is 4.39 Å². The summed E-state index contributed by atoms with van der Waals surface area (Å²) >= 11 is 0. The number of benzene rings is 2. The largest absolute Gasteiger partial charge is 0.461 e. The molecule has 2 atom stereocenters. The Kier molecular flexibility index (Phi) is 6.27. The van der Waals surface area contributed by atoms with E-state index in [9.17, 15) is 13.2 Å². The van der Waals surface area contributed by atoms with Crippen LogP contribution in [0.15, 0.2) is 42.6 Å². The Morgan fingerprint density at radius 3 is 2.42 bits per heavy atom. The van der Waals surface area contributed by atoms with Crippen molar-refractivity contribution in [2.24, 2.45) is 0 Å². The van der Waals surface area contributed by atoms with Gasteiger partial charge in [0, 0.05) is 42.3 Å². The lowest BCUT2D eigenvalue weighted by Crippen LogP contribution is -2.51. The standard InChI is InChI=1S/C32H32F4N6O/c33-26-27(22-7-1-5-19-6-2-8-24(25(19)22)32(34,35)36)37-15-23-28(26)39-30(43-18-31-11-3-13-42(31)14-4-12-31)40-29(23)41-16-20-9-10-21(17-41)38-20/h1-2,5-8,15,20-21,38H,3-4,9-14,16-18H2. The fourth-order valence-corrected chi connectivity index (χ4v) is 7.92. The summed E-state index contributed by atoms with van der Waals surface area (Å²) in [5.41, 5.74) is -0.987. The van der Waals surface area contributed by atoms with Crippen LogP contribution in [0, 0.1) is 5.82 Å². The Bertz CT molecular complexity index is 1700. The van der Waals surface area contributed by atoms with Gasteiger partial charge in [0.05, 0.1) is 16.5 Å². The number of aromatic nitrogens is 3. The number of hydrogen-bond donors (Lipinski definition) is 1. The predicted molar refractivity (Wildman–Crippen MR) is 156 cm³/mol. The van der Waals surface area contributed by atoms with Gasteiger partial charge in [-0.2, -0.15) is 23.1 Å². The zero-order valence-electron chi connectivity index (χ0n) is 23.6. The summed E-state index contributed by atoms with van der Waals surface area (Å²) < 4.78 is 65.2. The van der Waals surface area contributed by atoms with Gasteiger partial charge in [0.25, 0.3) is 0 Å². The average molecular weight is 593 g/mol. The summed E-state index contributed by atoms with van der Waals surface area (Å²) in [5, 5.41) is 4.30. The van der Waals surface area contributed by atoms with Gasteiger partial charge in [0.1, 0.15) is 23.6 Å². The van der Waals surface area contributed by atoms with Gasteiger partial charge in [0.2, 0.25) is 0 Å². The number of hydrogen-bond acceptors (Lipinski definition) is 7. The van der Waals surface area contributed by atoms with Gasteiger partial charge >= 0.3 is 12.2 Å². The number of pyridine rings is 1. The van der Waals surface area contributed by atoms with E-state index in [1.807, 2.05) is 0 Å². The summed E-state index contributed by atoms with van der Waals surface area (Å²) in [6, 6.07) is 9.37. The van der Waals surface area contributed by atoms with E-state index in [2.05, 4.69) is 25.1 Å². The molecule has 2 aromatic carbocycles. The molecule has 0 saturated carbocycles. The zero-order chi connectivity index (χ0) is 29.3. The summed E-state index contributed by atoms with van der Waals surface area (Å²) in [4.78, 5) is 18.4. The van der Waals surface area contributed by atoms with Crippen LogP contribution >= 0.6 is 0 Å². The molecule has 8 rings (SSSR count). The first-order valence-corrected chi connectivity index (χ1v) is 15.1. The molecule has 4 saturated heterocycles. The van der Waals surface area contributed by atoms with Crippen molar-refractivity contribution in [1.29, 1.82) is 0 Å². The Morgan fingerprint density at radius 1 is 0.977 bits per heavy atom. The molecule has 0 aliphatic carbocycles. The summed E-state index contributed by atoms with van der Waals surface area (Å²) in [6.45, 7) is 3.93. The molecule has 0 amide bonds. The Morgan fingerprint density at radius 2 is 1.70 bits per heavy atom. The number of fused-ring (bicyclic) bond motifs is 5. The third kappa shape index (κ3) is 4.50. The van der Waals surface area contributed by atoms with Crippen molar-refractivity contribution in [3.05, 3.63) is 54.0 Å². The van der Waals surface area contributed by atoms with Gasteiger partial charge in [-0.05, 0) is 63.1 Å². The molecule has 2 bridgehead atoms. The number of nitrogens with one attached hydrogen (secondary N) is 1. The molecule has 43 heavy (non-hydrogen) atoms. The SMILES string of the molecule is Fc1c(-c2cccc3cccc(C(F)(F)F)c23)ncc2c(N3CC4CCC(C3)N4)nc(OCC34CCCN3CCC4)nc12. The average Bonchev–Trinajstić information content (AvgIpc) is 3.68. The van der Waals surface area contributed by atoms with Crippen LogP contribution in [-0.4, -0.2) is 70.3 Å². The number of nitrogens with zero attached hydrogens (tertiary/aromatic N) is 5. The molecule has 4 aliphatic heterocycles. The fraction of sp³-hybridized carbons (Fsp3) is 0.469. The van der Waals surface area contributed by atoms with Gasteiger partial charge in [-0.3, -0.25) is 9.88 Å². The Labute approximate surface area is 246 Å². The number of halogens is 4. The molecule has 2 aromatic heterocycles. The van der Waals surface area contributed by atoms with Gasteiger partial charge in [-0.1, -0.05) is 30.3 Å². The van der Waals surface area contributed by atoms with E-state index in [1.165, 1.54) is 18.3 Å². The third-order valence-electron chi connectivity index (χ3n) is 9.91. The molecule has 4 aliphatic rings. The second kappa shape index (κ2) is 9.99. The van der Waals surface area contributed by atoms with Gasteiger partial charge in [0.15, 0.2) is 5.82 Å². The maximum Gasteiger partial charge on any atom is 0.417 e. The number of ether oxygens (including phenoxy) is 1. The predicted octanol–water partition coefficient (Wildman–Crippen LogP) is 5.95. The minimum atomic E-state index is -4.62. The lowest BCUT2D eigenvalue weighted by molar-refractivity contribution is -0.136. The normalized spacial score (nSPS) is 23.4. The summed E-state index contributed by atoms with van der Waals surface area (Å²) in [5.74, 6) is -0.229. The van der Waals surface area contributed by atoms with Crippen LogP contribution < -0.4 is 15.0 Å². The van der Waals surface area contributed by atoms with E-state index in [0.717, 1.165) is 57.7 Å². The molecule has 2 unspecified atom stereocenters. The number of alkyl halides is 3. The topological polar surface area (TPSA) is 66.4 Å². The van der Waals surface area contributed by atoms with E-state index in [1.54, 1.807) is 18.2 Å². The molecular weight excluding hydrogens is 560 g/mol. The first-order chi connectivity index (χ1) is 20.8. The van der Waals surface area contributed by atoms with Crippen molar-refractivity contribution in [1.82, 2.24) is 25.2 Å². The highest BCUT2D eigenvalue weighted by Crippen LogP contribution is 2.42. The molecular formula is C32H32F4N6O. The molecule has 1 N–H and O–H groups in total. The lowest BCUT2D eigenvalue weighted by atomic mass is 9.95. The lowest BCUT2D eigenvalue weighted by Gasteiger charge is -2.34. The molecule has 0 spiro atoms. The highest BCUT2D eigenvalue weighted by atomic mass is 19.4. The number of anilines is 1. The van der Waals surface area contributed by atoms with E-state index in [0.29, 0.717) is 48.4 Å². The Balaban J connectivity index is 1.27. The molecule has 0 radical (unpaired) electrons. The Hall–Kier alpha value is -3.57. The van der Waals surface area contributed by atoms with Crippen LogP contribution in [0.4, 0.5) is 23.4 Å². The van der Waals surface area contributed by atoms with Crippen molar-refractivity contribution in [3.8, 4) is 17.3 Å². The second-order valence-corrected chi connectivity index (χ2v) is 12.5. The van der Waals surface area contributed by atoms with Crippen molar-refractivity contribution < 1.29 is 22.3 Å². The summed E-state index contributed by atoms with van der Waals surface area (Å²) in [6.07, 6.45) is 3.32. The smallest absolute Gasteiger partial charge is 0.417 e. The molecule has 4 aromatic rings. The highest BCUT2D eigenvalue weighted by molar-refractivity contribution is 6.01. The molecule has 7 nitrogen and oxygen atoms in total. The minimum Gasteiger partial charge on any atom is -0.461 e. The monoisotopic (exact) mass is 592 g/mol. The quantitative estimate of drug-likeness (QED) is 0.287. The third-order valence-corrected chi connectivity index (χ3v) is 9.91. The van der Waals surface area contributed by atoms with Crippen LogP contribution in [-0.2, 0) is 6.18 Å². The minimum absolute atomic E-state index is 0.00423. The van der Waals surface area contributed by atoms with Crippen LogP contribution in [0.5, 0.6) is 6.01 Å². The first-order valence-electron chi connectivity index (χ1n) is 15.1. The molecule has 4 fully saturated rings. The van der Waals surface area contributed by atoms with Crippen molar-refractivity contribution >= 4 is 27.5 Å². The molecule has 224 valence electrons. The maximum atomic E-state index is 16.6. The summed E-state index contributed by atoms with van der Waals surface area (Å²) in [7, 11) is 0. The van der Waals surface area contributed by atoms with Crippen LogP contribution in [0.3, 0.4) is 0 Å². The highest BCUT2D eigenvalue weighted by Gasteiger charge is 2.45. The van der Waals surface area contributed by atoms with Crippen molar-refractivity contribution in [2.75, 3.05) is 37.7 Å². The van der Waals surface area contributed by atoms with Crippen LogP contribution in [0.25, 0.3) is 32.9 Å². The fourth-order valence-electron chi connectivity index (χ4n) is 7.92. The number of rotatable bonds is 5. The molecule has 11 heteroatoms. The van der Waals surface area contributed by atoms with E-state index < -0.39 is 17.6 Å².